The lowest BCUT2D eigenvalue weighted by molar-refractivity contribution is -0.138. The van der Waals surface area contributed by atoms with Crippen LogP contribution in [0.1, 0.15) is 80.7 Å². The Balaban J connectivity index is 0.973. The normalized spacial score (nSPS) is 24.2. The Kier molecular flexibility index (Phi) is 13.6. The second kappa shape index (κ2) is 19.2. The summed E-state index contributed by atoms with van der Waals surface area (Å²) >= 11 is 0. The molecule has 1 saturated heterocycles. The molecular weight excluding hydrogens is 745 g/mol. The van der Waals surface area contributed by atoms with E-state index in [1.54, 1.807) is 32.5 Å². The zero-order valence-corrected chi connectivity index (χ0v) is 34.6. The summed E-state index contributed by atoms with van der Waals surface area (Å²) in [6, 6.07) is 20.2. The topological polar surface area (TPSA) is 148 Å². The molecule has 0 spiro atoms. The minimum Gasteiger partial charge on any atom is -0.496 e. The molecule has 4 amide bonds. The quantitative estimate of drug-likeness (QED) is 0.130. The predicted molar refractivity (Wildman–Crippen MR) is 228 cm³/mol. The van der Waals surface area contributed by atoms with Crippen LogP contribution in [0.15, 0.2) is 83.4 Å². The second-order valence-electron chi connectivity index (χ2n) is 16.2. The molecule has 3 aromatic rings. The number of benzene rings is 3. The highest BCUT2D eigenvalue weighted by Gasteiger charge is 2.52. The van der Waals surface area contributed by atoms with Gasteiger partial charge in [-0.05, 0) is 90.0 Å². The number of aryl methyl sites for hydroxylation is 2. The predicted octanol–water partition coefficient (Wildman–Crippen LogP) is 5.17. The van der Waals surface area contributed by atoms with Crippen molar-refractivity contribution in [2.45, 2.75) is 89.5 Å². The summed E-state index contributed by atoms with van der Waals surface area (Å²) in [6.07, 6.45) is 10.7. The lowest BCUT2D eigenvalue weighted by atomic mass is 9.64. The molecule has 3 aromatic carbocycles. The summed E-state index contributed by atoms with van der Waals surface area (Å²) in [6.45, 7) is 3.85. The lowest BCUT2D eigenvalue weighted by Gasteiger charge is -2.45. The number of aliphatic imine (C=N–C) groups is 1. The van der Waals surface area contributed by atoms with Gasteiger partial charge < -0.3 is 34.9 Å². The Labute approximate surface area is 347 Å². The van der Waals surface area contributed by atoms with Gasteiger partial charge in [0, 0.05) is 19.2 Å². The van der Waals surface area contributed by atoms with Gasteiger partial charge in [-0.1, -0.05) is 92.9 Å². The molecule has 6 unspecified atom stereocenters. The third-order valence-electron chi connectivity index (χ3n) is 12.2. The van der Waals surface area contributed by atoms with E-state index >= 15 is 0 Å². The Hall–Kier alpha value is -5.27. The molecule has 3 aliphatic carbocycles. The van der Waals surface area contributed by atoms with Crippen LogP contribution < -0.4 is 20.7 Å². The van der Waals surface area contributed by atoms with E-state index in [1.807, 2.05) is 30.3 Å². The average Bonchev–Trinajstić information content (AvgIpc) is 3.69. The zero-order valence-electron chi connectivity index (χ0n) is 34.6. The average molecular weight is 802 g/mol. The molecule has 4 bridgehead atoms. The van der Waals surface area contributed by atoms with Gasteiger partial charge in [-0.25, -0.2) is 0 Å². The summed E-state index contributed by atoms with van der Waals surface area (Å²) in [4.78, 5) is 60.0. The maximum Gasteiger partial charge on any atom is 0.478 e. The number of rotatable bonds is 12. The van der Waals surface area contributed by atoms with Crippen molar-refractivity contribution in [2.75, 3.05) is 33.7 Å². The van der Waals surface area contributed by atoms with Crippen LogP contribution in [0.2, 0.25) is 0 Å². The van der Waals surface area contributed by atoms with Crippen LogP contribution in [-0.4, -0.2) is 93.8 Å². The van der Waals surface area contributed by atoms with Gasteiger partial charge in [-0.2, -0.15) is 0 Å². The van der Waals surface area contributed by atoms with Crippen LogP contribution in [0, 0.1) is 11.8 Å². The Bertz CT molecular complexity index is 2050. The largest absolute Gasteiger partial charge is 0.496 e. The fourth-order valence-corrected chi connectivity index (χ4v) is 8.66. The van der Waals surface area contributed by atoms with Crippen molar-refractivity contribution in [3.8, 4) is 16.9 Å². The third-order valence-corrected chi connectivity index (χ3v) is 12.2. The fourth-order valence-electron chi connectivity index (χ4n) is 8.66. The SMILES string of the molecule is CCCCc1ccc(-c2ccc(C=NCC(=O)N(C)C3C(=O)NCC(=O)NC(C(=O)NCB4OC5CC6=CC(C6C)C5O4)CCCCc4cc3ccc4OC)cc2)cc1. The third kappa shape index (κ3) is 9.96. The first kappa shape index (κ1) is 41.9. The number of hydrogen-bond donors (Lipinski definition) is 3. The first-order valence-corrected chi connectivity index (χ1v) is 21.1. The number of methoxy groups -OCH3 is 1. The van der Waals surface area contributed by atoms with Gasteiger partial charge in [0.05, 0.1) is 32.3 Å². The van der Waals surface area contributed by atoms with Crippen molar-refractivity contribution in [2.24, 2.45) is 16.8 Å². The molecule has 6 atom stereocenters. The van der Waals surface area contributed by atoms with Gasteiger partial charge in [0.25, 0.3) is 0 Å². The molecular formula is C46H56BN5O7. The molecule has 2 heterocycles. The maximum atomic E-state index is 13.9. The maximum absolute atomic E-state index is 13.9. The molecule has 0 radical (unpaired) electrons. The van der Waals surface area contributed by atoms with E-state index in [4.69, 9.17) is 14.0 Å². The lowest BCUT2D eigenvalue weighted by Crippen LogP contribution is -2.52. The molecule has 2 aliphatic heterocycles. The van der Waals surface area contributed by atoms with Gasteiger partial charge >= 0.3 is 7.12 Å². The summed E-state index contributed by atoms with van der Waals surface area (Å²) in [5, 5.41) is 8.45. The van der Waals surface area contributed by atoms with Gasteiger partial charge in [0.1, 0.15) is 24.4 Å². The summed E-state index contributed by atoms with van der Waals surface area (Å²) in [5.74, 6) is -0.256. The van der Waals surface area contributed by atoms with Crippen LogP contribution in [-0.2, 0) is 41.3 Å². The number of fused-ring (bicyclic) bond motifs is 2. The summed E-state index contributed by atoms with van der Waals surface area (Å²) in [5.41, 5.74) is 7.29. The number of nitrogens with zero attached hydrogens (tertiary/aromatic N) is 2. The van der Waals surface area contributed by atoms with Crippen LogP contribution in [0.3, 0.4) is 0 Å². The van der Waals surface area contributed by atoms with Crippen molar-refractivity contribution >= 4 is 37.0 Å². The van der Waals surface area contributed by atoms with Gasteiger partial charge in [-0.15, -0.1) is 0 Å². The smallest absolute Gasteiger partial charge is 0.478 e. The van der Waals surface area contributed by atoms with Crippen molar-refractivity contribution in [3.05, 3.63) is 101 Å². The number of unbranched alkanes of at least 4 members (excludes halogenated alkanes) is 1. The molecule has 5 aliphatic rings. The molecule has 12 nitrogen and oxygen atoms in total. The minimum absolute atomic E-state index is 0.00372. The van der Waals surface area contributed by atoms with Crippen molar-refractivity contribution in [3.63, 3.8) is 0 Å². The highest BCUT2D eigenvalue weighted by molar-refractivity contribution is 6.45. The number of carbonyl (C=O) groups excluding carboxylic acids is 4. The second-order valence-corrected chi connectivity index (χ2v) is 16.2. The Morgan fingerprint density at radius 2 is 1.80 bits per heavy atom. The fraction of sp³-hybridized carbons (Fsp3) is 0.457. The van der Waals surface area contributed by atoms with Gasteiger partial charge in [0.15, 0.2) is 0 Å². The molecule has 310 valence electrons. The number of carbonyl (C=O) groups is 4. The number of hydrogen-bond acceptors (Lipinski definition) is 8. The van der Waals surface area contributed by atoms with E-state index in [1.165, 1.54) is 28.9 Å². The van der Waals surface area contributed by atoms with Crippen LogP contribution in [0.25, 0.3) is 11.1 Å². The summed E-state index contributed by atoms with van der Waals surface area (Å²) < 4.78 is 18.0. The molecule has 59 heavy (non-hydrogen) atoms. The highest BCUT2D eigenvalue weighted by atomic mass is 16.7. The highest BCUT2D eigenvalue weighted by Crippen LogP contribution is 2.49. The monoisotopic (exact) mass is 801 g/mol. The minimum atomic E-state index is -1.05. The molecule has 8 rings (SSSR count). The first-order valence-electron chi connectivity index (χ1n) is 21.1. The van der Waals surface area contributed by atoms with E-state index in [9.17, 15) is 19.2 Å². The molecule has 1 saturated carbocycles. The Morgan fingerprint density at radius 3 is 2.53 bits per heavy atom. The van der Waals surface area contributed by atoms with Crippen LogP contribution in [0.4, 0.5) is 0 Å². The molecule has 13 heteroatoms. The van der Waals surface area contributed by atoms with Gasteiger partial charge in [-0.3, -0.25) is 24.2 Å². The molecule has 2 fully saturated rings. The van der Waals surface area contributed by atoms with E-state index in [-0.39, 0.29) is 43.6 Å². The van der Waals surface area contributed by atoms with Crippen molar-refractivity contribution in [1.82, 2.24) is 20.9 Å². The van der Waals surface area contributed by atoms with Gasteiger partial charge in [0.2, 0.25) is 23.6 Å². The Morgan fingerprint density at radius 1 is 1.03 bits per heavy atom. The van der Waals surface area contributed by atoms with Crippen LogP contribution in [0.5, 0.6) is 5.75 Å². The molecule has 0 aromatic heterocycles. The van der Waals surface area contributed by atoms with E-state index in [0.29, 0.717) is 48.8 Å². The summed E-state index contributed by atoms with van der Waals surface area (Å²) in [7, 11) is 2.60. The standard InChI is InChI=1S/C46H56BN5O7/c1-5-6-9-30-12-16-32(17-13-30)33-18-14-31(15-19-33)25-48-27-42(54)52(3)43-35-20-21-39(57-4)34(22-35)10-7-8-11-38(51-41(53)26-49-46(43)56)45(55)50-28-47-58-40-24-36-23-37(29(36)2)44(40)59-47/h12-23,25,29,37-38,40,43-44H,5-11,24,26-28H2,1-4H3,(H,49,56)(H,50,55)(H,51,53). The van der Waals surface area contributed by atoms with Crippen molar-refractivity contribution in [1.29, 1.82) is 0 Å². The number of likely N-dealkylation sites (N-methyl/N-ethyl adjacent to an activating group) is 1. The number of ether oxygens (including phenoxy) is 1. The van der Waals surface area contributed by atoms with E-state index in [2.05, 4.69) is 65.1 Å². The van der Waals surface area contributed by atoms with E-state index in [0.717, 1.165) is 35.1 Å². The number of nitrogens with one attached hydrogen (secondary N) is 3. The van der Waals surface area contributed by atoms with E-state index < -0.39 is 31.0 Å². The molecule has 3 N–H and O–H groups in total. The van der Waals surface area contributed by atoms with Crippen LogP contribution >= 0.6 is 0 Å². The first-order chi connectivity index (χ1) is 28.6. The zero-order chi connectivity index (χ0) is 41.5. The number of amides is 4. The van der Waals surface area contributed by atoms with Crippen molar-refractivity contribution < 1.29 is 33.2 Å².